The Morgan fingerprint density at radius 1 is 1.64 bits per heavy atom. The SMILES string of the molecule is Cc1ccc(F)cc1CC(Cl)C(N)=O. The monoisotopic (exact) mass is 215 g/mol. The van der Waals surface area contributed by atoms with Crippen molar-refractivity contribution >= 4 is 17.5 Å². The van der Waals surface area contributed by atoms with Crippen molar-refractivity contribution in [1.29, 1.82) is 0 Å². The summed E-state index contributed by atoms with van der Waals surface area (Å²) < 4.78 is 12.8. The third-order valence-corrected chi connectivity index (χ3v) is 2.39. The molecule has 1 aromatic carbocycles. The Bertz CT molecular complexity index is 354. The molecule has 2 N–H and O–H groups in total. The zero-order chi connectivity index (χ0) is 10.7. The van der Waals surface area contributed by atoms with E-state index in [1.165, 1.54) is 12.1 Å². The van der Waals surface area contributed by atoms with Crippen LogP contribution in [0.25, 0.3) is 0 Å². The average Bonchev–Trinajstić information content (AvgIpc) is 2.11. The van der Waals surface area contributed by atoms with Gasteiger partial charge >= 0.3 is 0 Å². The Hall–Kier alpha value is -1.09. The van der Waals surface area contributed by atoms with Gasteiger partial charge in [-0.3, -0.25) is 4.79 Å². The van der Waals surface area contributed by atoms with Crippen molar-refractivity contribution in [2.75, 3.05) is 0 Å². The fraction of sp³-hybridized carbons (Fsp3) is 0.300. The van der Waals surface area contributed by atoms with Gasteiger partial charge in [-0.05, 0) is 36.6 Å². The van der Waals surface area contributed by atoms with E-state index in [0.717, 1.165) is 5.56 Å². The van der Waals surface area contributed by atoms with Crippen LogP contribution in [0, 0.1) is 12.7 Å². The van der Waals surface area contributed by atoms with Gasteiger partial charge in [0.2, 0.25) is 5.91 Å². The number of nitrogens with two attached hydrogens (primary N) is 1. The predicted molar refractivity (Wildman–Crippen MR) is 53.7 cm³/mol. The van der Waals surface area contributed by atoms with Crippen molar-refractivity contribution in [3.63, 3.8) is 0 Å². The molecule has 0 heterocycles. The van der Waals surface area contributed by atoms with Gasteiger partial charge in [-0.2, -0.15) is 0 Å². The van der Waals surface area contributed by atoms with E-state index in [4.69, 9.17) is 17.3 Å². The lowest BCUT2D eigenvalue weighted by atomic mass is 10.0. The lowest BCUT2D eigenvalue weighted by Crippen LogP contribution is -2.25. The highest BCUT2D eigenvalue weighted by Crippen LogP contribution is 2.14. The van der Waals surface area contributed by atoms with E-state index < -0.39 is 11.3 Å². The normalized spacial score (nSPS) is 12.5. The van der Waals surface area contributed by atoms with Crippen molar-refractivity contribution in [2.24, 2.45) is 5.73 Å². The summed E-state index contributed by atoms with van der Waals surface area (Å²) in [6, 6.07) is 4.38. The molecular weight excluding hydrogens is 205 g/mol. The zero-order valence-corrected chi connectivity index (χ0v) is 8.51. The second-order valence-electron chi connectivity index (χ2n) is 3.14. The first-order valence-corrected chi connectivity index (χ1v) is 4.62. The van der Waals surface area contributed by atoms with Crippen molar-refractivity contribution < 1.29 is 9.18 Å². The minimum atomic E-state index is -0.782. The Labute approximate surface area is 86.9 Å². The van der Waals surface area contributed by atoms with Crippen LogP contribution >= 0.6 is 11.6 Å². The standard InChI is InChI=1S/C10H11ClFNO/c1-6-2-3-8(12)4-7(6)5-9(11)10(13)14/h2-4,9H,5H2,1H3,(H2,13,14). The Morgan fingerprint density at radius 3 is 2.86 bits per heavy atom. The molecule has 1 amide bonds. The van der Waals surface area contributed by atoms with Crippen LogP contribution < -0.4 is 5.73 Å². The first kappa shape index (κ1) is 11.0. The van der Waals surface area contributed by atoms with Crippen LogP contribution in [0.1, 0.15) is 11.1 Å². The van der Waals surface area contributed by atoms with Crippen molar-refractivity contribution in [3.8, 4) is 0 Å². The smallest absolute Gasteiger partial charge is 0.235 e. The van der Waals surface area contributed by atoms with Crippen LogP contribution in [-0.2, 0) is 11.2 Å². The van der Waals surface area contributed by atoms with E-state index >= 15 is 0 Å². The summed E-state index contributed by atoms with van der Waals surface area (Å²) in [5.74, 6) is -0.922. The summed E-state index contributed by atoms with van der Waals surface area (Å²) >= 11 is 5.68. The van der Waals surface area contributed by atoms with E-state index in [2.05, 4.69) is 0 Å². The van der Waals surface area contributed by atoms with Crippen LogP contribution in [-0.4, -0.2) is 11.3 Å². The quantitative estimate of drug-likeness (QED) is 0.768. The molecule has 0 saturated carbocycles. The molecule has 0 saturated heterocycles. The van der Waals surface area contributed by atoms with Gasteiger partial charge in [0, 0.05) is 0 Å². The van der Waals surface area contributed by atoms with E-state index in [1.54, 1.807) is 6.07 Å². The zero-order valence-electron chi connectivity index (χ0n) is 7.76. The third-order valence-electron chi connectivity index (χ3n) is 2.02. The molecule has 0 aliphatic rings. The summed E-state index contributed by atoms with van der Waals surface area (Å²) in [5, 5.41) is -0.782. The second kappa shape index (κ2) is 4.42. The summed E-state index contributed by atoms with van der Waals surface area (Å²) in [4.78, 5) is 10.7. The number of amides is 1. The lowest BCUT2D eigenvalue weighted by Gasteiger charge is -2.08. The van der Waals surface area contributed by atoms with Crippen LogP contribution in [0.3, 0.4) is 0 Å². The molecule has 4 heteroatoms. The van der Waals surface area contributed by atoms with E-state index in [0.29, 0.717) is 5.56 Å². The molecule has 0 bridgehead atoms. The maximum Gasteiger partial charge on any atom is 0.235 e. The van der Waals surface area contributed by atoms with Gasteiger partial charge in [0.15, 0.2) is 0 Å². The highest BCUT2D eigenvalue weighted by Gasteiger charge is 2.13. The molecule has 2 nitrogen and oxygen atoms in total. The molecule has 0 aromatic heterocycles. The Morgan fingerprint density at radius 2 is 2.29 bits per heavy atom. The predicted octanol–water partition coefficient (Wildman–Crippen LogP) is 1.77. The molecule has 1 rings (SSSR count). The van der Waals surface area contributed by atoms with Gasteiger partial charge in [-0.1, -0.05) is 6.07 Å². The number of alkyl halides is 1. The van der Waals surface area contributed by atoms with Crippen molar-refractivity contribution in [2.45, 2.75) is 18.7 Å². The molecule has 0 radical (unpaired) electrons. The minimum absolute atomic E-state index is 0.264. The average molecular weight is 216 g/mol. The van der Waals surface area contributed by atoms with Crippen molar-refractivity contribution in [1.82, 2.24) is 0 Å². The molecule has 1 unspecified atom stereocenters. The lowest BCUT2D eigenvalue weighted by molar-refractivity contribution is -0.117. The van der Waals surface area contributed by atoms with E-state index in [1.807, 2.05) is 6.92 Å². The van der Waals surface area contributed by atoms with Crippen LogP contribution in [0.15, 0.2) is 18.2 Å². The highest BCUT2D eigenvalue weighted by molar-refractivity contribution is 6.30. The molecule has 1 aromatic rings. The molecule has 14 heavy (non-hydrogen) atoms. The topological polar surface area (TPSA) is 43.1 Å². The second-order valence-corrected chi connectivity index (χ2v) is 3.67. The molecule has 1 atom stereocenters. The number of carbonyl (C=O) groups excluding carboxylic acids is 1. The van der Waals surface area contributed by atoms with Crippen LogP contribution in [0.2, 0.25) is 0 Å². The Balaban J connectivity index is 2.85. The van der Waals surface area contributed by atoms with Gasteiger partial charge in [0.1, 0.15) is 11.2 Å². The number of aryl methyl sites for hydroxylation is 1. The van der Waals surface area contributed by atoms with Crippen LogP contribution in [0.5, 0.6) is 0 Å². The summed E-state index contributed by atoms with van der Waals surface area (Å²) in [7, 11) is 0. The van der Waals surface area contributed by atoms with Crippen molar-refractivity contribution in [3.05, 3.63) is 35.1 Å². The number of hydrogen-bond donors (Lipinski definition) is 1. The van der Waals surface area contributed by atoms with Gasteiger partial charge in [0.05, 0.1) is 0 Å². The fourth-order valence-electron chi connectivity index (χ4n) is 1.15. The molecule has 0 aliphatic carbocycles. The maximum atomic E-state index is 12.8. The van der Waals surface area contributed by atoms with E-state index in [9.17, 15) is 9.18 Å². The number of carbonyl (C=O) groups is 1. The minimum Gasteiger partial charge on any atom is -0.368 e. The molecule has 0 spiro atoms. The van der Waals surface area contributed by atoms with Gasteiger partial charge in [-0.25, -0.2) is 4.39 Å². The van der Waals surface area contributed by atoms with Gasteiger partial charge in [-0.15, -0.1) is 11.6 Å². The number of benzene rings is 1. The molecule has 76 valence electrons. The third kappa shape index (κ3) is 2.70. The summed E-state index contributed by atoms with van der Waals surface area (Å²) in [6.07, 6.45) is 0.264. The fourth-order valence-corrected chi connectivity index (χ4v) is 1.32. The molecule has 0 fully saturated rings. The number of rotatable bonds is 3. The maximum absolute atomic E-state index is 12.8. The first-order valence-electron chi connectivity index (χ1n) is 4.19. The van der Waals surface area contributed by atoms with Gasteiger partial charge < -0.3 is 5.73 Å². The number of hydrogen-bond acceptors (Lipinski definition) is 1. The first-order chi connectivity index (χ1) is 6.50. The largest absolute Gasteiger partial charge is 0.368 e. The Kier molecular flexibility index (Phi) is 3.47. The van der Waals surface area contributed by atoms with E-state index in [-0.39, 0.29) is 12.2 Å². The summed E-state index contributed by atoms with van der Waals surface area (Å²) in [6.45, 7) is 1.83. The highest BCUT2D eigenvalue weighted by atomic mass is 35.5. The van der Waals surface area contributed by atoms with Gasteiger partial charge in [0.25, 0.3) is 0 Å². The molecular formula is C10H11ClFNO. The van der Waals surface area contributed by atoms with Crippen LogP contribution in [0.4, 0.5) is 4.39 Å². The summed E-state index contributed by atoms with van der Waals surface area (Å²) in [5.41, 5.74) is 6.62. The number of halogens is 2. The number of primary amides is 1. The molecule has 0 aliphatic heterocycles.